The van der Waals surface area contributed by atoms with Gasteiger partial charge < -0.3 is 14.5 Å². The van der Waals surface area contributed by atoms with Crippen LogP contribution in [0.5, 0.6) is 5.75 Å². The number of carbonyl (C=O) groups excluding carboxylic acids is 1. The van der Waals surface area contributed by atoms with Gasteiger partial charge in [0, 0.05) is 0 Å². The minimum Gasteiger partial charge on any atom is -0.486 e. The number of amides is 1. The first-order chi connectivity index (χ1) is 9.69. The van der Waals surface area contributed by atoms with Gasteiger partial charge in [0.05, 0.1) is 6.54 Å². The van der Waals surface area contributed by atoms with E-state index in [0.29, 0.717) is 11.5 Å². The number of hydrogen-bond donors (Lipinski definition) is 1. The molecule has 0 radical (unpaired) electrons. The second-order valence-electron chi connectivity index (χ2n) is 3.90. The van der Waals surface area contributed by atoms with Crippen LogP contribution in [0.2, 0.25) is 0 Å². The third kappa shape index (κ3) is 3.62. The molecule has 2 rings (SSSR count). The van der Waals surface area contributed by atoms with Crippen LogP contribution in [0.15, 0.2) is 40.8 Å². The highest BCUT2D eigenvalue weighted by Crippen LogP contribution is 2.15. The standard InChI is InChI=1S/C15H12FNO3/c1-2-9-17-15(18)14-8-7-13(20-14)10-19-12-5-3-11(16)4-6-12/h1,3-8H,9-10H2,(H,17,18). The molecule has 1 aromatic heterocycles. The van der Waals surface area contributed by atoms with E-state index >= 15 is 0 Å². The Hall–Kier alpha value is -2.74. The molecule has 102 valence electrons. The number of ether oxygens (including phenoxy) is 1. The molecule has 5 heteroatoms. The molecule has 0 bridgehead atoms. The number of hydrogen-bond acceptors (Lipinski definition) is 3. The normalized spacial score (nSPS) is 9.80. The minimum atomic E-state index is -0.379. The van der Waals surface area contributed by atoms with Gasteiger partial charge in [0.15, 0.2) is 5.76 Å². The van der Waals surface area contributed by atoms with Crippen LogP contribution >= 0.6 is 0 Å². The highest BCUT2D eigenvalue weighted by atomic mass is 19.1. The predicted octanol–water partition coefficient (Wildman–Crippen LogP) is 2.36. The number of rotatable bonds is 5. The average molecular weight is 273 g/mol. The number of nitrogens with one attached hydrogen (secondary N) is 1. The second kappa shape index (κ2) is 6.43. The molecule has 0 fully saturated rings. The van der Waals surface area contributed by atoms with Crippen molar-refractivity contribution in [3.8, 4) is 18.1 Å². The summed E-state index contributed by atoms with van der Waals surface area (Å²) in [5.41, 5.74) is 0. The van der Waals surface area contributed by atoms with E-state index in [1.807, 2.05) is 0 Å². The molecule has 0 aliphatic heterocycles. The summed E-state index contributed by atoms with van der Waals surface area (Å²) < 4.78 is 23.4. The van der Waals surface area contributed by atoms with Gasteiger partial charge >= 0.3 is 0 Å². The van der Waals surface area contributed by atoms with Crippen molar-refractivity contribution in [3.05, 3.63) is 53.7 Å². The summed E-state index contributed by atoms with van der Waals surface area (Å²) in [6.07, 6.45) is 5.04. The predicted molar refractivity (Wildman–Crippen MR) is 70.6 cm³/mol. The zero-order valence-electron chi connectivity index (χ0n) is 10.6. The molecule has 0 spiro atoms. The Morgan fingerprint density at radius 2 is 2.05 bits per heavy atom. The van der Waals surface area contributed by atoms with E-state index in [9.17, 15) is 9.18 Å². The van der Waals surface area contributed by atoms with Crippen LogP contribution < -0.4 is 10.1 Å². The highest BCUT2D eigenvalue weighted by molar-refractivity contribution is 5.91. The zero-order valence-corrected chi connectivity index (χ0v) is 10.6. The van der Waals surface area contributed by atoms with Gasteiger partial charge in [-0.2, -0.15) is 0 Å². The fraction of sp³-hybridized carbons (Fsp3) is 0.133. The van der Waals surface area contributed by atoms with Crippen molar-refractivity contribution >= 4 is 5.91 Å². The monoisotopic (exact) mass is 273 g/mol. The number of terminal acetylenes is 1. The smallest absolute Gasteiger partial charge is 0.287 e. The molecule has 1 amide bonds. The number of carbonyl (C=O) groups is 1. The van der Waals surface area contributed by atoms with Gasteiger partial charge in [-0.15, -0.1) is 6.42 Å². The summed E-state index contributed by atoms with van der Waals surface area (Å²) in [5.74, 6) is 2.75. The first-order valence-electron chi connectivity index (χ1n) is 5.88. The quantitative estimate of drug-likeness (QED) is 0.851. The zero-order chi connectivity index (χ0) is 14.4. The molecular formula is C15H12FNO3. The summed E-state index contributed by atoms with van der Waals surface area (Å²) in [6.45, 7) is 0.287. The van der Waals surface area contributed by atoms with E-state index in [1.165, 1.54) is 30.3 Å². The summed E-state index contributed by atoms with van der Waals surface area (Å²) in [6, 6.07) is 8.80. The Kier molecular flexibility index (Phi) is 4.40. The van der Waals surface area contributed by atoms with Crippen LogP contribution in [0.1, 0.15) is 16.3 Å². The molecule has 2 aromatic rings. The lowest BCUT2D eigenvalue weighted by atomic mass is 10.3. The Morgan fingerprint density at radius 1 is 1.30 bits per heavy atom. The van der Waals surface area contributed by atoms with Crippen LogP contribution in [-0.2, 0) is 6.61 Å². The Balaban J connectivity index is 1.91. The van der Waals surface area contributed by atoms with Crippen molar-refractivity contribution in [2.75, 3.05) is 6.54 Å². The van der Waals surface area contributed by atoms with E-state index in [0.717, 1.165) is 0 Å². The molecule has 0 saturated heterocycles. The summed E-state index contributed by atoms with van der Waals surface area (Å²) in [5, 5.41) is 2.49. The fourth-order valence-electron chi connectivity index (χ4n) is 1.48. The van der Waals surface area contributed by atoms with Gasteiger partial charge in [-0.05, 0) is 36.4 Å². The van der Waals surface area contributed by atoms with Crippen molar-refractivity contribution in [2.24, 2.45) is 0 Å². The van der Waals surface area contributed by atoms with Crippen LogP contribution in [0, 0.1) is 18.2 Å². The second-order valence-corrected chi connectivity index (χ2v) is 3.90. The molecule has 1 aromatic carbocycles. The molecule has 1 N–H and O–H groups in total. The lowest BCUT2D eigenvalue weighted by Crippen LogP contribution is -2.22. The van der Waals surface area contributed by atoms with Crippen LogP contribution in [0.25, 0.3) is 0 Å². The van der Waals surface area contributed by atoms with E-state index in [4.69, 9.17) is 15.6 Å². The number of benzene rings is 1. The molecule has 20 heavy (non-hydrogen) atoms. The minimum absolute atomic E-state index is 0.140. The average Bonchev–Trinajstić information content (AvgIpc) is 2.93. The summed E-state index contributed by atoms with van der Waals surface area (Å²) in [7, 11) is 0. The SMILES string of the molecule is C#CCNC(=O)c1ccc(COc2ccc(F)cc2)o1. The highest BCUT2D eigenvalue weighted by Gasteiger charge is 2.10. The van der Waals surface area contributed by atoms with Crippen LogP contribution in [-0.4, -0.2) is 12.5 Å². The van der Waals surface area contributed by atoms with Crippen LogP contribution in [0.4, 0.5) is 4.39 Å². The van der Waals surface area contributed by atoms with Gasteiger partial charge in [-0.3, -0.25) is 4.79 Å². The molecule has 0 aliphatic carbocycles. The van der Waals surface area contributed by atoms with Crippen LogP contribution in [0.3, 0.4) is 0 Å². The largest absolute Gasteiger partial charge is 0.486 e. The van der Waals surface area contributed by atoms with E-state index in [1.54, 1.807) is 6.07 Å². The van der Waals surface area contributed by atoms with Gasteiger partial charge in [0.1, 0.15) is 23.9 Å². The maximum atomic E-state index is 12.7. The molecule has 1 heterocycles. The van der Waals surface area contributed by atoms with E-state index in [2.05, 4.69) is 11.2 Å². The number of halogens is 1. The van der Waals surface area contributed by atoms with Gasteiger partial charge in [-0.1, -0.05) is 5.92 Å². The number of furan rings is 1. The Morgan fingerprint density at radius 3 is 2.75 bits per heavy atom. The maximum Gasteiger partial charge on any atom is 0.287 e. The Labute approximate surface area is 115 Å². The summed E-state index contributed by atoms with van der Waals surface area (Å²) in [4.78, 5) is 11.5. The first-order valence-corrected chi connectivity index (χ1v) is 5.88. The molecular weight excluding hydrogens is 261 g/mol. The van der Waals surface area contributed by atoms with E-state index in [-0.39, 0.29) is 30.6 Å². The summed E-state index contributed by atoms with van der Waals surface area (Å²) >= 11 is 0. The Bertz CT molecular complexity index is 625. The third-order valence-electron chi connectivity index (χ3n) is 2.43. The lowest BCUT2D eigenvalue weighted by Gasteiger charge is -2.03. The first kappa shape index (κ1) is 13.7. The molecule has 0 atom stereocenters. The van der Waals surface area contributed by atoms with Gasteiger partial charge in [0.25, 0.3) is 5.91 Å². The topological polar surface area (TPSA) is 51.5 Å². The molecule has 4 nitrogen and oxygen atoms in total. The lowest BCUT2D eigenvalue weighted by molar-refractivity contribution is 0.0927. The molecule has 0 aliphatic rings. The molecule has 0 unspecified atom stereocenters. The van der Waals surface area contributed by atoms with Crippen molar-refractivity contribution in [2.45, 2.75) is 6.61 Å². The van der Waals surface area contributed by atoms with Gasteiger partial charge in [-0.25, -0.2) is 4.39 Å². The maximum absolute atomic E-state index is 12.7. The van der Waals surface area contributed by atoms with Gasteiger partial charge in [0.2, 0.25) is 0 Å². The van der Waals surface area contributed by atoms with Crippen molar-refractivity contribution < 1.29 is 18.3 Å². The van der Waals surface area contributed by atoms with Crippen molar-refractivity contribution in [1.82, 2.24) is 5.32 Å². The fourth-order valence-corrected chi connectivity index (χ4v) is 1.48. The van der Waals surface area contributed by atoms with E-state index < -0.39 is 0 Å². The third-order valence-corrected chi connectivity index (χ3v) is 2.43. The van der Waals surface area contributed by atoms with Crippen molar-refractivity contribution in [3.63, 3.8) is 0 Å². The van der Waals surface area contributed by atoms with Crippen molar-refractivity contribution in [1.29, 1.82) is 0 Å². The molecule has 0 saturated carbocycles.